The van der Waals surface area contributed by atoms with Crippen molar-refractivity contribution in [2.75, 3.05) is 16.8 Å². The molecule has 0 aliphatic heterocycles. The van der Waals surface area contributed by atoms with Crippen LogP contribution >= 0.6 is 0 Å². The van der Waals surface area contributed by atoms with Crippen molar-refractivity contribution in [1.82, 2.24) is 4.98 Å². The second-order valence-electron chi connectivity index (χ2n) is 7.16. The van der Waals surface area contributed by atoms with E-state index in [1.165, 1.54) is 6.20 Å². The zero-order valence-corrected chi connectivity index (χ0v) is 17.3. The molecule has 0 aliphatic rings. The van der Waals surface area contributed by atoms with Gasteiger partial charge in [0.05, 0.1) is 5.56 Å². The van der Waals surface area contributed by atoms with Crippen molar-refractivity contribution < 1.29 is 14.3 Å². The molecule has 0 saturated carbocycles. The second kappa shape index (κ2) is 9.69. The van der Waals surface area contributed by atoms with E-state index in [0.29, 0.717) is 5.56 Å². The van der Waals surface area contributed by atoms with E-state index >= 15 is 0 Å². The quantitative estimate of drug-likeness (QED) is 0.578. The van der Waals surface area contributed by atoms with Crippen LogP contribution in [0, 0.1) is 6.92 Å². The Labute approximate surface area is 176 Å². The number of aryl methyl sites for hydroxylation is 1. The van der Waals surface area contributed by atoms with Crippen molar-refractivity contribution in [2.24, 2.45) is 0 Å². The van der Waals surface area contributed by atoms with Gasteiger partial charge in [0.25, 0.3) is 5.91 Å². The third-order valence-corrected chi connectivity index (χ3v) is 4.47. The summed E-state index contributed by atoms with van der Waals surface area (Å²) in [5, 5.41) is 3.31. The topological polar surface area (TPSA) is 71.5 Å². The molecule has 0 unspecified atom stereocenters. The molecule has 0 fully saturated rings. The molecular weight excluding hydrogens is 378 g/mol. The van der Waals surface area contributed by atoms with Gasteiger partial charge >= 0.3 is 5.97 Å². The average molecular weight is 403 g/mol. The summed E-state index contributed by atoms with van der Waals surface area (Å²) >= 11 is 0. The van der Waals surface area contributed by atoms with Crippen molar-refractivity contribution in [1.29, 1.82) is 0 Å². The van der Waals surface area contributed by atoms with Gasteiger partial charge < -0.3 is 15.0 Å². The SMILES string of the molecule is Cc1ccc(C(=O)OCC(=O)N(c2ccc(Nc3ccccc3)cc2)C(C)C)cn1. The standard InChI is InChI=1S/C24H25N3O3/c1-17(2)27(23(28)16-30-24(29)19-10-9-18(3)25-15-19)22-13-11-21(12-14-22)26-20-7-5-4-6-8-20/h4-15,17,26H,16H2,1-3H3. The Balaban J connectivity index is 1.65. The lowest BCUT2D eigenvalue weighted by Crippen LogP contribution is -2.39. The zero-order valence-electron chi connectivity index (χ0n) is 17.3. The molecule has 0 atom stereocenters. The maximum Gasteiger partial charge on any atom is 0.340 e. The van der Waals surface area contributed by atoms with Crippen LogP contribution in [-0.2, 0) is 9.53 Å². The third kappa shape index (κ3) is 5.44. The molecule has 1 N–H and O–H groups in total. The zero-order chi connectivity index (χ0) is 21.5. The van der Waals surface area contributed by atoms with E-state index in [2.05, 4.69) is 10.3 Å². The van der Waals surface area contributed by atoms with Crippen LogP contribution in [0.25, 0.3) is 0 Å². The Morgan fingerprint density at radius 2 is 1.63 bits per heavy atom. The van der Waals surface area contributed by atoms with E-state index in [4.69, 9.17) is 4.74 Å². The molecule has 0 aliphatic carbocycles. The molecule has 0 radical (unpaired) electrons. The highest BCUT2D eigenvalue weighted by atomic mass is 16.5. The fourth-order valence-corrected chi connectivity index (χ4v) is 2.99. The molecule has 0 bridgehead atoms. The summed E-state index contributed by atoms with van der Waals surface area (Å²) in [7, 11) is 0. The summed E-state index contributed by atoms with van der Waals surface area (Å²) in [4.78, 5) is 30.6. The Morgan fingerprint density at radius 1 is 0.967 bits per heavy atom. The third-order valence-electron chi connectivity index (χ3n) is 4.47. The minimum atomic E-state index is -0.568. The first kappa shape index (κ1) is 21.0. The van der Waals surface area contributed by atoms with Crippen molar-refractivity contribution in [3.63, 3.8) is 0 Å². The predicted octanol–water partition coefficient (Wildman–Crippen LogP) is 4.73. The fourth-order valence-electron chi connectivity index (χ4n) is 2.99. The molecule has 154 valence electrons. The summed E-state index contributed by atoms with van der Waals surface area (Å²) in [5.41, 5.74) is 3.76. The van der Waals surface area contributed by atoms with Gasteiger partial charge in [-0.25, -0.2) is 4.79 Å². The molecule has 2 aromatic carbocycles. The first-order valence-electron chi connectivity index (χ1n) is 9.78. The van der Waals surface area contributed by atoms with E-state index in [1.54, 1.807) is 17.0 Å². The van der Waals surface area contributed by atoms with Gasteiger partial charge in [-0.05, 0) is 69.3 Å². The van der Waals surface area contributed by atoms with Gasteiger partial charge in [0.15, 0.2) is 6.61 Å². The van der Waals surface area contributed by atoms with E-state index in [-0.39, 0.29) is 18.6 Å². The molecule has 0 saturated heterocycles. The highest BCUT2D eigenvalue weighted by Gasteiger charge is 2.21. The van der Waals surface area contributed by atoms with E-state index in [0.717, 1.165) is 22.8 Å². The Kier molecular flexibility index (Phi) is 6.80. The van der Waals surface area contributed by atoms with Crippen LogP contribution in [0.3, 0.4) is 0 Å². The molecule has 3 aromatic rings. The molecule has 30 heavy (non-hydrogen) atoms. The minimum Gasteiger partial charge on any atom is -0.452 e. The highest BCUT2D eigenvalue weighted by molar-refractivity contribution is 5.97. The minimum absolute atomic E-state index is 0.0924. The molecule has 1 aromatic heterocycles. The number of ether oxygens (including phenoxy) is 1. The number of hydrogen-bond donors (Lipinski definition) is 1. The lowest BCUT2D eigenvalue weighted by Gasteiger charge is -2.27. The van der Waals surface area contributed by atoms with Gasteiger partial charge in [0.1, 0.15) is 0 Å². The second-order valence-corrected chi connectivity index (χ2v) is 7.16. The number of amides is 1. The monoisotopic (exact) mass is 403 g/mol. The molecule has 1 amide bonds. The molecule has 0 spiro atoms. The molecule has 1 heterocycles. The lowest BCUT2D eigenvalue weighted by atomic mass is 10.2. The van der Waals surface area contributed by atoms with Crippen LogP contribution in [0.1, 0.15) is 29.9 Å². The van der Waals surface area contributed by atoms with Crippen LogP contribution < -0.4 is 10.2 Å². The van der Waals surface area contributed by atoms with Crippen LogP contribution in [0.15, 0.2) is 72.9 Å². The highest BCUT2D eigenvalue weighted by Crippen LogP contribution is 2.23. The number of nitrogens with zero attached hydrogens (tertiary/aromatic N) is 2. The number of pyridine rings is 1. The number of benzene rings is 2. The first-order chi connectivity index (χ1) is 14.4. The molecule has 6 nitrogen and oxygen atoms in total. The van der Waals surface area contributed by atoms with Gasteiger partial charge in [0, 0.05) is 35.0 Å². The Hall–Kier alpha value is -3.67. The van der Waals surface area contributed by atoms with Crippen molar-refractivity contribution >= 4 is 28.9 Å². The van der Waals surface area contributed by atoms with Crippen molar-refractivity contribution in [3.05, 3.63) is 84.2 Å². The maximum absolute atomic E-state index is 12.8. The number of rotatable bonds is 7. The molecule has 6 heteroatoms. The first-order valence-corrected chi connectivity index (χ1v) is 9.78. The summed E-state index contributed by atoms with van der Waals surface area (Å²) in [6, 6.07) is 20.7. The van der Waals surface area contributed by atoms with Gasteiger partial charge in [-0.2, -0.15) is 0 Å². The van der Waals surface area contributed by atoms with Crippen LogP contribution in [0.2, 0.25) is 0 Å². The average Bonchev–Trinajstić information content (AvgIpc) is 2.74. The lowest BCUT2D eigenvalue weighted by molar-refractivity contribution is -0.122. The molecule has 3 rings (SSSR count). The van der Waals surface area contributed by atoms with Crippen molar-refractivity contribution in [2.45, 2.75) is 26.8 Å². The van der Waals surface area contributed by atoms with E-state index < -0.39 is 5.97 Å². The number of para-hydroxylation sites is 1. The maximum atomic E-state index is 12.8. The van der Waals surface area contributed by atoms with Crippen molar-refractivity contribution in [3.8, 4) is 0 Å². The van der Waals surface area contributed by atoms with Crippen LogP contribution in [-0.4, -0.2) is 29.5 Å². The summed E-state index contributed by atoms with van der Waals surface area (Å²) in [6.07, 6.45) is 1.45. The van der Waals surface area contributed by atoms with Crippen LogP contribution in [0.4, 0.5) is 17.1 Å². The number of carbonyl (C=O) groups excluding carboxylic acids is 2. The smallest absolute Gasteiger partial charge is 0.340 e. The number of carbonyl (C=O) groups is 2. The van der Waals surface area contributed by atoms with Gasteiger partial charge in [-0.1, -0.05) is 18.2 Å². The molecular formula is C24H25N3O3. The number of esters is 1. The van der Waals surface area contributed by atoms with Crippen LogP contribution in [0.5, 0.6) is 0 Å². The number of aromatic nitrogens is 1. The number of anilines is 3. The van der Waals surface area contributed by atoms with E-state index in [9.17, 15) is 9.59 Å². The number of hydrogen-bond acceptors (Lipinski definition) is 5. The summed E-state index contributed by atoms with van der Waals surface area (Å²) in [6.45, 7) is 5.33. The fraction of sp³-hybridized carbons (Fsp3) is 0.208. The summed E-state index contributed by atoms with van der Waals surface area (Å²) < 4.78 is 5.20. The van der Waals surface area contributed by atoms with Gasteiger partial charge in [-0.15, -0.1) is 0 Å². The number of nitrogens with one attached hydrogen (secondary N) is 1. The van der Waals surface area contributed by atoms with E-state index in [1.807, 2.05) is 75.4 Å². The normalized spacial score (nSPS) is 10.5. The van der Waals surface area contributed by atoms with Gasteiger partial charge in [0.2, 0.25) is 0 Å². The Bertz CT molecular complexity index is 984. The Morgan fingerprint density at radius 3 is 2.23 bits per heavy atom. The predicted molar refractivity (Wildman–Crippen MR) is 118 cm³/mol. The largest absolute Gasteiger partial charge is 0.452 e. The summed E-state index contributed by atoms with van der Waals surface area (Å²) in [5.74, 6) is -0.857. The van der Waals surface area contributed by atoms with Gasteiger partial charge in [-0.3, -0.25) is 9.78 Å².